The van der Waals surface area contributed by atoms with Gasteiger partial charge in [-0.1, -0.05) is 19.9 Å². The third kappa shape index (κ3) is 5.51. The second kappa shape index (κ2) is 8.50. The van der Waals surface area contributed by atoms with Gasteiger partial charge in [-0.15, -0.1) is 23.1 Å². The van der Waals surface area contributed by atoms with Gasteiger partial charge in [-0.2, -0.15) is 0 Å². The number of hydrogen-bond donors (Lipinski definition) is 2. The van der Waals surface area contributed by atoms with Gasteiger partial charge < -0.3 is 14.9 Å². The number of aromatic amines is 2. The highest BCUT2D eigenvalue weighted by Crippen LogP contribution is 2.27. The lowest BCUT2D eigenvalue weighted by Gasteiger charge is -2.07. The van der Waals surface area contributed by atoms with E-state index in [1.54, 1.807) is 35.3 Å². The molecule has 0 unspecified atom stereocenters. The van der Waals surface area contributed by atoms with Crippen LogP contribution in [0.4, 0.5) is 0 Å². The average molecular weight is 366 g/mol. The molecule has 130 valence electrons. The molecular weight excluding hydrogens is 342 g/mol. The van der Waals surface area contributed by atoms with E-state index in [0.717, 1.165) is 17.2 Å². The van der Waals surface area contributed by atoms with Gasteiger partial charge in [-0.25, -0.2) is 0 Å². The van der Waals surface area contributed by atoms with Gasteiger partial charge in [0.15, 0.2) is 0 Å². The topological polar surface area (TPSA) is 69.0 Å². The van der Waals surface area contributed by atoms with E-state index < -0.39 is 0 Å². The minimum atomic E-state index is -0.281. The molecule has 0 aliphatic heterocycles. The van der Waals surface area contributed by atoms with Crippen molar-refractivity contribution >= 4 is 35.3 Å². The molecule has 0 bridgehead atoms. The van der Waals surface area contributed by atoms with E-state index in [4.69, 9.17) is 0 Å². The Kier molecular flexibility index (Phi) is 6.65. The molecule has 0 aliphatic rings. The Bertz CT molecular complexity index is 907. The molecule has 24 heavy (non-hydrogen) atoms. The minimum Gasteiger partial charge on any atom is -0.316 e. The van der Waals surface area contributed by atoms with Gasteiger partial charge in [0.25, 0.3) is 11.1 Å². The number of nitrogens with zero attached hydrogens (tertiary/aromatic N) is 1. The zero-order chi connectivity index (χ0) is 17.7. The number of rotatable bonds is 6. The lowest BCUT2D eigenvalue weighted by Crippen LogP contribution is -2.46. The molecule has 0 saturated heterocycles. The summed E-state index contributed by atoms with van der Waals surface area (Å²) in [6, 6.07) is 4.01. The van der Waals surface area contributed by atoms with E-state index >= 15 is 0 Å². The van der Waals surface area contributed by atoms with Crippen molar-refractivity contribution in [3.05, 3.63) is 48.4 Å². The van der Waals surface area contributed by atoms with E-state index in [0.29, 0.717) is 5.35 Å². The molecule has 7 heteroatoms. The zero-order valence-corrected chi connectivity index (χ0v) is 16.0. The van der Waals surface area contributed by atoms with E-state index in [9.17, 15) is 9.59 Å². The SMILES string of the molecule is CC(C)C=c1[nH]c(=O)c(=Cc2ccc(SCCN(C)C)s2)[nH]c1=O. The number of aromatic nitrogens is 2. The molecule has 2 aromatic heterocycles. The molecule has 2 heterocycles. The van der Waals surface area contributed by atoms with Crippen molar-refractivity contribution < 1.29 is 0 Å². The van der Waals surface area contributed by atoms with Gasteiger partial charge in [0.2, 0.25) is 0 Å². The van der Waals surface area contributed by atoms with Gasteiger partial charge in [0, 0.05) is 17.2 Å². The fraction of sp³-hybridized carbons (Fsp3) is 0.412. The summed E-state index contributed by atoms with van der Waals surface area (Å²) in [4.78, 5) is 32.6. The maximum absolute atomic E-state index is 12.1. The van der Waals surface area contributed by atoms with Gasteiger partial charge in [0.1, 0.15) is 10.7 Å². The van der Waals surface area contributed by atoms with Crippen LogP contribution in [0.2, 0.25) is 0 Å². The smallest absolute Gasteiger partial charge is 0.272 e. The fourth-order valence-electron chi connectivity index (χ4n) is 2.01. The second-order valence-electron chi connectivity index (χ2n) is 6.10. The highest BCUT2D eigenvalue weighted by molar-refractivity contribution is 8.01. The van der Waals surface area contributed by atoms with Crippen molar-refractivity contribution in [3.63, 3.8) is 0 Å². The monoisotopic (exact) mass is 365 g/mol. The van der Waals surface area contributed by atoms with Crippen LogP contribution in [0.5, 0.6) is 0 Å². The zero-order valence-electron chi connectivity index (χ0n) is 14.4. The van der Waals surface area contributed by atoms with Crippen LogP contribution in [0.25, 0.3) is 12.2 Å². The van der Waals surface area contributed by atoms with Gasteiger partial charge in [0.05, 0.1) is 4.21 Å². The lowest BCUT2D eigenvalue weighted by atomic mass is 10.2. The van der Waals surface area contributed by atoms with Crippen molar-refractivity contribution in [3.8, 4) is 0 Å². The second-order valence-corrected chi connectivity index (χ2v) is 8.61. The Morgan fingerprint density at radius 3 is 2.50 bits per heavy atom. The Morgan fingerprint density at radius 1 is 1.17 bits per heavy atom. The molecular formula is C17H23N3O2S2. The largest absolute Gasteiger partial charge is 0.316 e. The maximum atomic E-state index is 12.1. The summed E-state index contributed by atoms with van der Waals surface area (Å²) in [5, 5.41) is 0.603. The molecule has 0 atom stereocenters. The number of H-pyrrole nitrogens is 2. The summed E-state index contributed by atoms with van der Waals surface area (Å²) in [6.45, 7) is 4.93. The summed E-state index contributed by atoms with van der Waals surface area (Å²) in [5.74, 6) is 1.21. The quantitative estimate of drug-likeness (QED) is 0.751. The molecule has 0 aromatic carbocycles. The van der Waals surface area contributed by atoms with Gasteiger partial charge >= 0.3 is 0 Å². The van der Waals surface area contributed by atoms with Crippen LogP contribution in [0.3, 0.4) is 0 Å². The summed E-state index contributed by atoms with van der Waals surface area (Å²) in [6.07, 6.45) is 3.47. The third-order valence-corrected chi connectivity index (χ3v) is 5.39. The molecule has 0 saturated carbocycles. The molecule has 0 spiro atoms. The Balaban J connectivity index is 2.26. The normalized spacial score (nSPS) is 13.4. The van der Waals surface area contributed by atoms with Crippen molar-refractivity contribution in [1.82, 2.24) is 14.9 Å². The molecule has 0 fully saturated rings. The molecule has 2 N–H and O–H groups in total. The molecule has 0 amide bonds. The molecule has 5 nitrogen and oxygen atoms in total. The van der Waals surface area contributed by atoms with Crippen LogP contribution in [0.15, 0.2) is 25.9 Å². The van der Waals surface area contributed by atoms with E-state index in [1.165, 1.54) is 4.21 Å². The van der Waals surface area contributed by atoms with Crippen molar-refractivity contribution in [1.29, 1.82) is 0 Å². The Morgan fingerprint density at radius 2 is 1.83 bits per heavy atom. The first kappa shape index (κ1) is 18.8. The third-order valence-electron chi connectivity index (χ3n) is 3.16. The van der Waals surface area contributed by atoms with Crippen LogP contribution < -0.4 is 21.8 Å². The molecule has 2 rings (SSSR count). The van der Waals surface area contributed by atoms with Crippen LogP contribution in [-0.4, -0.2) is 41.3 Å². The fourth-order valence-corrected chi connectivity index (χ4v) is 4.28. The first-order chi connectivity index (χ1) is 11.3. The highest BCUT2D eigenvalue weighted by Gasteiger charge is 2.01. The summed E-state index contributed by atoms with van der Waals surface area (Å²) in [5.41, 5.74) is -0.552. The summed E-state index contributed by atoms with van der Waals surface area (Å²) < 4.78 is 1.20. The average Bonchev–Trinajstić information content (AvgIpc) is 2.91. The molecule has 0 radical (unpaired) electrons. The van der Waals surface area contributed by atoms with Crippen LogP contribution in [0, 0.1) is 5.92 Å². The number of thiophene rings is 1. The highest BCUT2D eigenvalue weighted by atomic mass is 32.2. The predicted octanol–water partition coefficient (Wildman–Crippen LogP) is 1.04. The Hall–Kier alpha value is -1.57. The lowest BCUT2D eigenvalue weighted by molar-refractivity contribution is 0.437. The minimum absolute atomic E-state index is 0.190. The van der Waals surface area contributed by atoms with Gasteiger partial charge in [-0.3, -0.25) is 9.59 Å². The van der Waals surface area contributed by atoms with Gasteiger partial charge in [-0.05, 0) is 38.2 Å². The van der Waals surface area contributed by atoms with E-state index in [1.807, 2.05) is 26.0 Å². The summed E-state index contributed by atoms with van der Waals surface area (Å²) in [7, 11) is 4.11. The summed E-state index contributed by atoms with van der Waals surface area (Å²) >= 11 is 3.41. The first-order valence-electron chi connectivity index (χ1n) is 7.78. The van der Waals surface area contributed by atoms with Crippen LogP contribution in [-0.2, 0) is 0 Å². The Labute approximate surface area is 149 Å². The van der Waals surface area contributed by atoms with Crippen molar-refractivity contribution in [2.24, 2.45) is 5.92 Å². The van der Waals surface area contributed by atoms with E-state index in [2.05, 4.69) is 29.0 Å². The first-order valence-corrected chi connectivity index (χ1v) is 9.59. The maximum Gasteiger partial charge on any atom is 0.272 e. The van der Waals surface area contributed by atoms with Crippen LogP contribution >= 0.6 is 23.1 Å². The number of nitrogens with one attached hydrogen (secondary N) is 2. The standard InChI is InChI=1S/C17H23N3O2S2/c1-11(2)9-13-16(21)19-14(17(22)18-13)10-12-5-6-15(24-12)23-8-7-20(3)4/h5-6,9-11H,7-8H2,1-4H3,(H,18,22)(H,19,21). The molecule has 0 aliphatic carbocycles. The van der Waals surface area contributed by atoms with Crippen molar-refractivity contribution in [2.75, 3.05) is 26.4 Å². The van der Waals surface area contributed by atoms with Crippen LogP contribution in [0.1, 0.15) is 18.7 Å². The molecule has 2 aromatic rings. The number of thioether (sulfide) groups is 1. The van der Waals surface area contributed by atoms with E-state index in [-0.39, 0.29) is 22.4 Å². The number of hydrogen-bond acceptors (Lipinski definition) is 5. The van der Waals surface area contributed by atoms with Crippen molar-refractivity contribution in [2.45, 2.75) is 18.1 Å². The predicted molar refractivity (Wildman–Crippen MR) is 103 cm³/mol.